The Kier molecular flexibility index (Phi) is 4.64. The molecule has 1 fully saturated rings. The lowest BCUT2D eigenvalue weighted by Crippen LogP contribution is -2.43. The van der Waals surface area contributed by atoms with Gasteiger partial charge in [-0.1, -0.05) is 0 Å². The summed E-state index contributed by atoms with van der Waals surface area (Å²) in [7, 11) is 0. The number of alkyl halides is 5. The Bertz CT molecular complexity index is 1040. The number of amidine groups is 1. The zero-order chi connectivity index (χ0) is 21.8. The maximum atomic E-state index is 14.6. The van der Waals surface area contributed by atoms with Gasteiger partial charge in [-0.3, -0.25) is 9.89 Å². The average Bonchev–Trinajstić information content (AvgIpc) is 3.24. The second kappa shape index (κ2) is 6.83. The first-order valence-electron chi connectivity index (χ1n) is 8.56. The van der Waals surface area contributed by atoms with E-state index in [1.54, 1.807) is 0 Å². The van der Waals surface area contributed by atoms with Gasteiger partial charge in [-0.25, -0.2) is 18.2 Å². The highest BCUT2D eigenvalue weighted by atomic mass is 35.5. The number of ether oxygens (including phenoxy) is 1. The number of hydrogen-bond donors (Lipinski definition) is 3. The van der Waals surface area contributed by atoms with Gasteiger partial charge in [0.15, 0.2) is 5.54 Å². The predicted molar refractivity (Wildman–Crippen MR) is 95.0 cm³/mol. The highest BCUT2D eigenvalue weighted by Gasteiger charge is 2.64. The van der Waals surface area contributed by atoms with Crippen LogP contribution in [0.3, 0.4) is 0 Å². The molecule has 1 aliphatic heterocycles. The minimum atomic E-state index is -3.87. The van der Waals surface area contributed by atoms with Gasteiger partial charge < -0.3 is 15.8 Å². The molecule has 3 atom stereocenters. The summed E-state index contributed by atoms with van der Waals surface area (Å²) in [4.78, 5) is 16.1. The Balaban J connectivity index is 1.70. The molecule has 0 bridgehead atoms. The summed E-state index contributed by atoms with van der Waals surface area (Å²) in [6.45, 7) is 0. The molecule has 2 aliphatic rings. The summed E-state index contributed by atoms with van der Waals surface area (Å²) >= 11 is 4.94. The number of carbonyl (C=O) groups excluding carboxylic acids is 1. The summed E-state index contributed by atoms with van der Waals surface area (Å²) in [5.74, 6) is -2.88. The van der Waals surface area contributed by atoms with E-state index in [2.05, 4.69) is 20.5 Å². The fourth-order valence-electron chi connectivity index (χ4n) is 3.58. The lowest BCUT2D eigenvalue weighted by molar-refractivity contribution is 0.0177. The van der Waals surface area contributed by atoms with Gasteiger partial charge in [-0.15, -0.1) is 0 Å². The van der Waals surface area contributed by atoms with Crippen molar-refractivity contribution >= 4 is 29.2 Å². The Morgan fingerprint density at radius 1 is 1.43 bits per heavy atom. The van der Waals surface area contributed by atoms with E-state index in [1.807, 2.05) is 0 Å². The first-order valence-corrected chi connectivity index (χ1v) is 8.94. The molecule has 1 amide bonds. The number of hydrogen-bond acceptors (Lipinski definition) is 5. The number of amides is 1. The maximum absolute atomic E-state index is 14.6. The van der Waals surface area contributed by atoms with Crippen molar-refractivity contribution in [3.8, 4) is 0 Å². The topological polar surface area (TPSA) is 105 Å². The smallest absolute Gasteiger partial charge is 0.352 e. The number of halogens is 6. The van der Waals surface area contributed by atoms with Crippen LogP contribution in [0.2, 0.25) is 0 Å². The number of aliphatic imine (C=N–C) groups is 1. The molecule has 4 N–H and O–H groups in total. The van der Waals surface area contributed by atoms with Crippen molar-refractivity contribution < 1.29 is 31.5 Å². The van der Waals surface area contributed by atoms with Crippen LogP contribution >= 0.6 is 11.6 Å². The first kappa shape index (κ1) is 20.4. The lowest BCUT2D eigenvalue weighted by Gasteiger charge is -2.33. The molecule has 13 heteroatoms. The third-order valence-corrected chi connectivity index (χ3v) is 5.23. The van der Waals surface area contributed by atoms with Gasteiger partial charge in [0.1, 0.15) is 17.6 Å². The largest absolute Gasteiger partial charge is 0.462 e. The standard InChI is InChI=1S/C17H13ClF5N5O2/c18-17(22,23)9-5-25-28-12(9)13(29)26-6-1-2-10(19)7(3-6)16(14(20)21)8-4-11(8)30-15(24)27-16/h1-3,5,8,11,14H,4H2,(H2,24,27)(H,25,28)(H,26,29)/t8-,11+,16+/m0/s1. The van der Waals surface area contributed by atoms with Gasteiger partial charge in [0.25, 0.3) is 18.4 Å². The van der Waals surface area contributed by atoms with Crippen molar-refractivity contribution in [2.45, 2.75) is 29.9 Å². The van der Waals surface area contributed by atoms with Gasteiger partial charge in [0.05, 0.1) is 11.8 Å². The number of aromatic nitrogens is 2. The predicted octanol–water partition coefficient (Wildman–Crippen LogP) is 3.28. The minimum absolute atomic E-state index is 0.132. The Morgan fingerprint density at radius 3 is 2.83 bits per heavy atom. The normalized spacial score (nSPS) is 25.4. The summed E-state index contributed by atoms with van der Waals surface area (Å²) in [6.07, 6.45) is -2.86. The number of rotatable bonds is 5. The van der Waals surface area contributed by atoms with E-state index < -0.39 is 63.9 Å². The van der Waals surface area contributed by atoms with Crippen molar-refractivity contribution in [2.75, 3.05) is 5.32 Å². The van der Waals surface area contributed by atoms with Gasteiger partial charge in [-0.05, 0) is 36.2 Å². The molecule has 1 aromatic heterocycles. The molecule has 1 saturated carbocycles. The molecule has 0 saturated heterocycles. The van der Waals surface area contributed by atoms with Crippen LogP contribution in [0.1, 0.15) is 28.0 Å². The molecule has 7 nitrogen and oxygen atoms in total. The van der Waals surface area contributed by atoms with Gasteiger partial charge >= 0.3 is 5.38 Å². The summed E-state index contributed by atoms with van der Waals surface area (Å²) in [5.41, 5.74) is 1.06. The number of benzene rings is 1. The van der Waals surface area contributed by atoms with E-state index in [-0.39, 0.29) is 12.1 Å². The van der Waals surface area contributed by atoms with Crippen LogP contribution < -0.4 is 11.1 Å². The fraction of sp³-hybridized carbons (Fsp3) is 0.353. The molecule has 0 unspecified atom stereocenters. The van der Waals surface area contributed by atoms with E-state index in [9.17, 15) is 26.7 Å². The lowest BCUT2D eigenvalue weighted by atomic mass is 9.84. The summed E-state index contributed by atoms with van der Waals surface area (Å²) in [5, 5.41) is 3.81. The second-order valence-electron chi connectivity index (χ2n) is 6.88. The third kappa shape index (κ3) is 3.24. The highest BCUT2D eigenvalue weighted by Crippen LogP contribution is 2.56. The zero-order valence-electron chi connectivity index (χ0n) is 14.8. The monoisotopic (exact) mass is 449 g/mol. The van der Waals surface area contributed by atoms with E-state index >= 15 is 0 Å². The molecule has 2 heterocycles. The number of anilines is 1. The summed E-state index contributed by atoms with van der Waals surface area (Å²) in [6, 6.07) is 2.42. The van der Waals surface area contributed by atoms with Crippen molar-refractivity contribution in [1.82, 2.24) is 10.2 Å². The SMILES string of the molecule is NC1=N[C@@](c2cc(NC(=O)c3[nH]ncc3C(F)(F)Cl)ccc2F)(C(F)F)[C@H]2C[C@H]2O1. The van der Waals surface area contributed by atoms with E-state index in [0.717, 1.165) is 18.2 Å². The number of nitrogens with one attached hydrogen (secondary N) is 2. The number of nitrogens with two attached hydrogens (primary N) is 1. The van der Waals surface area contributed by atoms with Crippen molar-refractivity contribution in [2.24, 2.45) is 16.6 Å². The van der Waals surface area contributed by atoms with E-state index in [0.29, 0.717) is 6.20 Å². The molecular formula is C17H13ClF5N5O2. The highest BCUT2D eigenvalue weighted by molar-refractivity contribution is 6.22. The Morgan fingerprint density at radius 2 is 2.17 bits per heavy atom. The number of fused-ring (bicyclic) bond motifs is 1. The van der Waals surface area contributed by atoms with E-state index in [4.69, 9.17) is 22.1 Å². The van der Waals surface area contributed by atoms with Crippen molar-refractivity contribution in [1.29, 1.82) is 0 Å². The number of aromatic amines is 1. The van der Waals surface area contributed by atoms with Crippen LogP contribution in [0.5, 0.6) is 0 Å². The quantitative estimate of drug-likeness (QED) is 0.481. The molecule has 1 aromatic carbocycles. The average molecular weight is 450 g/mol. The van der Waals surface area contributed by atoms with Gasteiger partial charge in [-0.2, -0.15) is 13.9 Å². The first-order chi connectivity index (χ1) is 14.0. The van der Waals surface area contributed by atoms with Crippen LogP contribution in [0.25, 0.3) is 0 Å². The summed E-state index contributed by atoms with van der Waals surface area (Å²) < 4.78 is 74.7. The second-order valence-corrected chi connectivity index (χ2v) is 7.35. The van der Waals surface area contributed by atoms with Gasteiger partial charge in [0.2, 0.25) is 0 Å². The van der Waals surface area contributed by atoms with Crippen molar-refractivity contribution in [3.63, 3.8) is 0 Å². The molecule has 4 rings (SSSR count). The Labute approximate surface area is 170 Å². The number of H-pyrrole nitrogens is 1. The third-order valence-electron chi connectivity index (χ3n) is 5.02. The van der Waals surface area contributed by atoms with Gasteiger partial charge in [0, 0.05) is 17.2 Å². The molecule has 0 radical (unpaired) electrons. The molecule has 30 heavy (non-hydrogen) atoms. The molecular weight excluding hydrogens is 437 g/mol. The van der Waals surface area contributed by atoms with Crippen LogP contribution in [0.4, 0.5) is 27.6 Å². The van der Waals surface area contributed by atoms with Crippen LogP contribution in [0.15, 0.2) is 29.4 Å². The fourth-order valence-corrected chi connectivity index (χ4v) is 3.72. The van der Waals surface area contributed by atoms with Crippen LogP contribution in [0, 0.1) is 11.7 Å². The molecule has 2 aromatic rings. The van der Waals surface area contributed by atoms with Crippen LogP contribution in [-0.4, -0.2) is 34.7 Å². The zero-order valence-corrected chi connectivity index (χ0v) is 15.6. The number of carbonyl (C=O) groups is 1. The van der Waals surface area contributed by atoms with Crippen LogP contribution in [-0.2, 0) is 15.7 Å². The Hall–Kier alpha value is -2.89. The van der Waals surface area contributed by atoms with Crippen molar-refractivity contribution in [3.05, 3.63) is 47.0 Å². The molecule has 0 spiro atoms. The maximum Gasteiger partial charge on any atom is 0.352 e. The minimum Gasteiger partial charge on any atom is -0.462 e. The van der Waals surface area contributed by atoms with E-state index in [1.165, 1.54) is 0 Å². The molecule has 160 valence electrons. The molecule has 1 aliphatic carbocycles. The number of nitrogens with zero attached hydrogens (tertiary/aromatic N) is 2.